The molecule has 1 aromatic rings. The Morgan fingerprint density at radius 3 is 2.86 bits per heavy atom. The summed E-state index contributed by atoms with van der Waals surface area (Å²) in [6.45, 7) is 2.62. The maximum atomic E-state index is 11.5. The molecule has 0 spiro atoms. The number of carbonyl (C=O) groups is 1. The fourth-order valence-electron chi connectivity index (χ4n) is 1.16. The first-order valence-electron chi connectivity index (χ1n) is 4.82. The minimum absolute atomic E-state index is 0.121. The van der Waals surface area contributed by atoms with Gasteiger partial charge in [0.1, 0.15) is 5.69 Å². The van der Waals surface area contributed by atoms with Gasteiger partial charge in [-0.2, -0.15) is 0 Å². The zero-order valence-electron chi connectivity index (χ0n) is 8.16. The van der Waals surface area contributed by atoms with E-state index in [1.54, 1.807) is 6.20 Å². The first-order valence-corrected chi connectivity index (χ1v) is 4.82. The van der Waals surface area contributed by atoms with Crippen molar-refractivity contribution in [1.82, 2.24) is 15.3 Å². The number of nitrogens with one attached hydrogen (secondary N) is 1. The maximum absolute atomic E-state index is 11.5. The van der Waals surface area contributed by atoms with Gasteiger partial charge in [0.05, 0.1) is 11.9 Å². The Labute approximate surface area is 82.8 Å². The molecule has 1 N–H and O–H groups in total. The quantitative estimate of drug-likeness (QED) is 0.773. The largest absolute Gasteiger partial charge is 0.350 e. The highest BCUT2D eigenvalue weighted by Gasteiger charge is 2.22. The van der Waals surface area contributed by atoms with Crippen LogP contribution in [-0.4, -0.2) is 22.4 Å². The number of aromatic nitrogens is 2. The fourth-order valence-corrected chi connectivity index (χ4v) is 1.16. The predicted octanol–water partition coefficient (Wildman–Crippen LogP) is 0.925. The molecule has 4 nitrogen and oxygen atoms in total. The van der Waals surface area contributed by atoms with Gasteiger partial charge in [0.15, 0.2) is 0 Å². The standard InChI is InChI=1S/C10H13N3O/c1-7-4-12-9(6-11-7)10(14)13-5-8-2-3-8/h4,6,8H,2-3,5H2,1H3,(H,13,14). The fraction of sp³-hybridized carbons (Fsp3) is 0.500. The molecule has 0 aromatic carbocycles. The van der Waals surface area contributed by atoms with Gasteiger partial charge in [-0.15, -0.1) is 0 Å². The zero-order valence-corrected chi connectivity index (χ0v) is 8.16. The molecule has 0 unspecified atom stereocenters. The second kappa shape index (κ2) is 3.74. The van der Waals surface area contributed by atoms with Crippen molar-refractivity contribution >= 4 is 5.91 Å². The van der Waals surface area contributed by atoms with Gasteiger partial charge < -0.3 is 5.32 Å². The van der Waals surface area contributed by atoms with E-state index < -0.39 is 0 Å². The summed E-state index contributed by atoms with van der Waals surface area (Å²) in [4.78, 5) is 19.5. The topological polar surface area (TPSA) is 54.9 Å². The van der Waals surface area contributed by atoms with Crippen LogP contribution in [0.25, 0.3) is 0 Å². The first kappa shape index (κ1) is 9.12. The Hall–Kier alpha value is -1.45. The first-order chi connectivity index (χ1) is 6.75. The molecule has 4 heteroatoms. The lowest BCUT2D eigenvalue weighted by Crippen LogP contribution is -2.26. The van der Waals surface area contributed by atoms with E-state index in [4.69, 9.17) is 0 Å². The molecule has 2 rings (SSSR count). The smallest absolute Gasteiger partial charge is 0.271 e. The lowest BCUT2D eigenvalue weighted by atomic mass is 10.3. The van der Waals surface area contributed by atoms with E-state index in [1.165, 1.54) is 19.0 Å². The van der Waals surface area contributed by atoms with E-state index in [-0.39, 0.29) is 5.91 Å². The summed E-state index contributed by atoms with van der Waals surface area (Å²) in [5.41, 5.74) is 1.22. The predicted molar refractivity (Wildman–Crippen MR) is 51.8 cm³/mol. The van der Waals surface area contributed by atoms with Crippen LogP contribution in [0.4, 0.5) is 0 Å². The van der Waals surface area contributed by atoms with Crippen LogP contribution < -0.4 is 5.32 Å². The Morgan fingerprint density at radius 2 is 2.29 bits per heavy atom. The van der Waals surface area contributed by atoms with Crippen LogP contribution in [0, 0.1) is 12.8 Å². The molecule has 0 atom stereocenters. The van der Waals surface area contributed by atoms with Crippen molar-refractivity contribution in [3.05, 3.63) is 23.8 Å². The van der Waals surface area contributed by atoms with Crippen molar-refractivity contribution in [1.29, 1.82) is 0 Å². The van der Waals surface area contributed by atoms with Gasteiger partial charge in [-0.25, -0.2) is 4.98 Å². The molecule has 0 saturated heterocycles. The Bertz CT molecular complexity index is 330. The molecule has 1 fully saturated rings. The van der Waals surface area contributed by atoms with Crippen LogP contribution in [0.3, 0.4) is 0 Å². The summed E-state index contributed by atoms with van der Waals surface area (Å²) in [5.74, 6) is 0.571. The molecule has 1 heterocycles. The Balaban J connectivity index is 1.92. The normalized spacial score (nSPS) is 15.2. The zero-order chi connectivity index (χ0) is 9.97. The van der Waals surface area contributed by atoms with Gasteiger partial charge in [-0.05, 0) is 25.7 Å². The molecule has 1 aliphatic rings. The lowest BCUT2D eigenvalue weighted by Gasteiger charge is -2.02. The SMILES string of the molecule is Cc1cnc(C(=O)NCC2CC2)cn1. The van der Waals surface area contributed by atoms with Crippen LogP contribution >= 0.6 is 0 Å². The molecule has 0 aliphatic heterocycles. The van der Waals surface area contributed by atoms with Crippen LogP contribution in [0.1, 0.15) is 29.0 Å². The number of hydrogen-bond acceptors (Lipinski definition) is 3. The monoisotopic (exact) mass is 191 g/mol. The highest BCUT2D eigenvalue weighted by molar-refractivity contribution is 5.91. The van der Waals surface area contributed by atoms with Crippen molar-refractivity contribution in [3.8, 4) is 0 Å². The van der Waals surface area contributed by atoms with E-state index in [0.29, 0.717) is 11.6 Å². The van der Waals surface area contributed by atoms with Crippen molar-refractivity contribution in [2.24, 2.45) is 5.92 Å². The highest BCUT2D eigenvalue weighted by Crippen LogP contribution is 2.27. The van der Waals surface area contributed by atoms with Crippen LogP contribution in [0.5, 0.6) is 0 Å². The summed E-state index contributed by atoms with van der Waals surface area (Å²) < 4.78 is 0. The molecular formula is C10H13N3O. The van der Waals surface area contributed by atoms with Crippen molar-refractivity contribution < 1.29 is 4.79 Å². The number of aryl methyl sites for hydroxylation is 1. The minimum atomic E-state index is -0.121. The highest BCUT2D eigenvalue weighted by atomic mass is 16.1. The third-order valence-corrected chi connectivity index (χ3v) is 2.26. The molecule has 0 bridgehead atoms. The summed E-state index contributed by atoms with van der Waals surface area (Å²) in [7, 11) is 0. The van der Waals surface area contributed by atoms with E-state index in [0.717, 1.165) is 12.2 Å². The lowest BCUT2D eigenvalue weighted by molar-refractivity contribution is 0.0946. The van der Waals surface area contributed by atoms with Crippen LogP contribution in [0.15, 0.2) is 12.4 Å². The third-order valence-electron chi connectivity index (χ3n) is 2.26. The van der Waals surface area contributed by atoms with Crippen molar-refractivity contribution in [2.75, 3.05) is 6.54 Å². The molecule has 1 aliphatic carbocycles. The summed E-state index contributed by atoms with van der Waals surface area (Å²) >= 11 is 0. The number of nitrogens with zero attached hydrogens (tertiary/aromatic N) is 2. The van der Waals surface area contributed by atoms with Gasteiger partial charge >= 0.3 is 0 Å². The van der Waals surface area contributed by atoms with Gasteiger partial charge in [-0.3, -0.25) is 9.78 Å². The summed E-state index contributed by atoms with van der Waals surface area (Å²) in [5, 5.41) is 2.84. The molecule has 1 saturated carbocycles. The second-order valence-corrected chi connectivity index (χ2v) is 3.70. The number of rotatable bonds is 3. The van der Waals surface area contributed by atoms with E-state index in [1.807, 2.05) is 6.92 Å². The average Bonchev–Trinajstić information content (AvgIpc) is 2.99. The second-order valence-electron chi connectivity index (χ2n) is 3.70. The van der Waals surface area contributed by atoms with Crippen molar-refractivity contribution in [2.45, 2.75) is 19.8 Å². The van der Waals surface area contributed by atoms with E-state index in [2.05, 4.69) is 15.3 Å². The summed E-state index contributed by atoms with van der Waals surface area (Å²) in [6, 6.07) is 0. The molecule has 0 radical (unpaired) electrons. The molecule has 14 heavy (non-hydrogen) atoms. The Morgan fingerprint density at radius 1 is 1.50 bits per heavy atom. The molecule has 74 valence electrons. The van der Waals surface area contributed by atoms with E-state index >= 15 is 0 Å². The van der Waals surface area contributed by atoms with Gasteiger partial charge in [0, 0.05) is 12.7 Å². The minimum Gasteiger partial charge on any atom is -0.350 e. The van der Waals surface area contributed by atoms with E-state index in [9.17, 15) is 4.79 Å². The van der Waals surface area contributed by atoms with Gasteiger partial charge in [0.2, 0.25) is 0 Å². The van der Waals surface area contributed by atoms with Gasteiger partial charge in [0.25, 0.3) is 5.91 Å². The number of amides is 1. The van der Waals surface area contributed by atoms with Crippen LogP contribution in [-0.2, 0) is 0 Å². The number of hydrogen-bond donors (Lipinski definition) is 1. The number of carbonyl (C=O) groups excluding carboxylic acids is 1. The van der Waals surface area contributed by atoms with Gasteiger partial charge in [-0.1, -0.05) is 0 Å². The molecular weight excluding hydrogens is 178 g/mol. The molecule has 1 aromatic heterocycles. The van der Waals surface area contributed by atoms with Crippen molar-refractivity contribution in [3.63, 3.8) is 0 Å². The van der Waals surface area contributed by atoms with Crippen LogP contribution in [0.2, 0.25) is 0 Å². The third kappa shape index (κ3) is 2.28. The Kier molecular flexibility index (Phi) is 2.43. The maximum Gasteiger partial charge on any atom is 0.271 e. The average molecular weight is 191 g/mol. The molecule has 1 amide bonds. The summed E-state index contributed by atoms with van der Waals surface area (Å²) in [6.07, 6.45) is 5.59.